The molecule has 0 saturated heterocycles. The van der Waals surface area contributed by atoms with E-state index in [0.717, 1.165) is 0 Å². The number of hydrogen-bond acceptors (Lipinski definition) is 3. The summed E-state index contributed by atoms with van der Waals surface area (Å²) in [6.45, 7) is 1.85. The van der Waals surface area contributed by atoms with Gasteiger partial charge < -0.3 is 15.3 Å². The Balaban J connectivity index is 3.27. The molecule has 11 heavy (non-hydrogen) atoms. The van der Waals surface area contributed by atoms with Crippen molar-refractivity contribution in [3.05, 3.63) is 6.42 Å². The molecule has 1 radical (unpaired) electrons. The van der Waals surface area contributed by atoms with Crippen molar-refractivity contribution in [2.75, 3.05) is 6.61 Å². The van der Waals surface area contributed by atoms with Crippen LogP contribution in [0.25, 0.3) is 0 Å². The Morgan fingerprint density at radius 1 is 1.27 bits per heavy atom. The summed E-state index contributed by atoms with van der Waals surface area (Å²) in [4.78, 5) is 0. The second-order valence-electron chi connectivity index (χ2n) is 2.66. The van der Waals surface area contributed by atoms with E-state index in [2.05, 4.69) is 0 Å². The summed E-state index contributed by atoms with van der Waals surface area (Å²) in [5.41, 5.74) is 0. The van der Waals surface area contributed by atoms with E-state index in [1.165, 1.54) is 0 Å². The molecule has 3 heteroatoms. The van der Waals surface area contributed by atoms with Gasteiger partial charge in [-0.1, -0.05) is 6.92 Å². The molecule has 0 bridgehead atoms. The van der Waals surface area contributed by atoms with Crippen LogP contribution >= 0.6 is 0 Å². The van der Waals surface area contributed by atoms with Crippen LogP contribution in [-0.4, -0.2) is 34.1 Å². The zero-order valence-corrected chi connectivity index (χ0v) is 6.90. The van der Waals surface area contributed by atoms with E-state index in [0.29, 0.717) is 19.3 Å². The molecule has 0 aromatic carbocycles. The monoisotopic (exact) mass is 161 g/mol. The molecular weight excluding hydrogens is 144 g/mol. The molecular formula is C8H17O3. The van der Waals surface area contributed by atoms with Crippen molar-refractivity contribution in [3.63, 3.8) is 0 Å². The molecule has 2 atom stereocenters. The zero-order valence-electron chi connectivity index (χ0n) is 6.90. The largest absolute Gasteiger partial charge is 0.396 e. The fourth-order valence-electron chi connectivity index (χ4n) is 0.844. The molecule has 3 N–H and O–H groups in total. The molecule has 0 rings (SSSR count). The van der Waals surface area contributed by atoms with Crippen LogP contribution in [-0.2, 0) is 0 Å². The summed E-state index contributed by atoms with van der Waals surface area (Å²) < 4.78 is 0. The number of aliphatic hydroxyl groups is 3. The lowest BCUT2D eigenvalue weighted by Crippen LogP contribution is -2.17. The molecule has 67 valence electrons. The molecule has 0 aromatic heterocycles. The Morgan fingerprint density at radius 2 is 1.91 bits per heavy atom. The van der Waals surface area contributed by atoms with Crippen LogP contribution in [0.15, 0.2) is 0 Å². The Labute approximate surface area is 67.7 Å². The average molecular weight is 161 g/mol. The lowest BCUT2D eigenvalue weighted by atomic mass is 10.1. The lowest BCUT2D eigenvalue weighted by molar-refractivity contribution is 0.0764. The van der Waals surface area contributed by atoms with Gasteiger partial charge in [0, 0.05) is 6.61 Å². The van der Waals surface area contributed by atoms with E-state index >= 15 is 0 Å². The Morgan fingerprint density at radius 3 is 2.36 bits per heavy atom. The van der Waals surface area contributed by atoms with Crippen molar-refractivity contribution in [1.29, 1.82) is 0 Å². The first-order valence-corrected chi connectivity index (χ1v) is 3.99. The predicted molar refractivity (Wildman–Crippen MR) is 42.9 cm³/mol. The third-order valence-electron chi connectivity index (χ3n) is 1.58. The third kappa shape index (κ3) is 6.28. The van der Waals surface area contributed by atoms with E-state index in [-0.39, 0.29) is 6.61 Å². The highest BCUT2D eigenvalue weighted by atomic mass is 16.3. The number of rotatable bonds is 6. The molecule has 3 nitrogen and oxygen atoms in total. The molecule has 0 aliphatic rings. The van der Waals surface area contributed by atoms with Gasteiger partial charge in [0.2, 0.25) is 0 Å². The van der Waals surface area contributed by atoms with Gasteiger partial charge in [-0.2, -0.15) is 0 Å². The second kappa shape index (κ2) is 6.58. The fraction of sp³-hybridized carbons (Fsp3) is 0.875. The Bertz CT molecular complexity index is 85.4. The molecule has 2 unspecified atom stereocenters. The first-order chi connectivity index (χ1) is 5.20. The fourth-order valence-corrected chi connectivity index (χ4v) is 0.844. The van der Waals surface area contributed by atoms with Gasteiger partial charge in [0.05, 0.1) is 12.2 Å². The van der Waals surface area contributed by atoms with Gasteiger partial charge in [-0.3, -0.25) is 0 Å². The molecule has 0 spiro atoms. The molecule has 0 amide bonds. The van der Waals surface area contributed by atoms with Crippen LogP contribution in [0.3, 0.4) is 0 Å². The molecule has 0 aliphatic heterocycles. The van der Waals surface area contributed by atoms with Crippen molar-refractivity contribution in [2.45, 2.75) is 38.4 Å². The summed E-state index contributed by atoms with van der Waals surface area (Å²) in [5, 5.41) is 26.6. The SMILES string of the molecule is CCC(O)CC(O)C[CH]CO. The zero-order chi connectivity index (χ0) is 8.69. The summed E-state index contributed by atoms with van der Waals surface area (Å²) in [6.07, 6.45) is 2.17. The summed E-state index contributed by atoms with van der Waals surface area (Å²) in [7, 11) is 0. The van der Waals surface area contributed by atoms with Crippen molar-refractivity contribution in [2.24, 2.45) is 0 Å². The van der Waals surface area contributed by atoms with Crippen LogP contribution in [0.1, 0.15) is 26.2 Å². The first kappa shape index (κ1) is 10.9. The topological polar surface area (TPSA) is 60.7 Å². The standard InChI is InChI=1S/C8H17O3/c1-2-7(10)6-8(11)4-3-5-9/h3,7-11H,2,4-6H2,1H3. The van der Waals surface area contributed by atoms with Gasteiger partial charge in [0.15, 0.2) is 0 Å². The van der Waals surface area contributed by atoms with Gasteiger partial charge in [-0.05, 0) is 25.7 Å². The minimum absolute atomic E-state index is 0.0146. The molecule has 0 saturated carbocycles. The van der Waals surface area contributed by atoms with Crippen LogP contribution in [0.4, 0.5) is 0 Å². The molecule has 0 fully saturated rings. The average Bonchev–Trinajstić information content (AvgIpc) is 2.00. The van der Waals surface area contributed by atoms with Crippen molar-refractivity contribution in [1.82, 2.24) is 0 Å². The maximum absolute atomic E-state index is 9.18. The maximum atomic E-state index is 9.18. The van der Waals surface area contributed by atoms with Gasteiger partial charge in [-0.15, -0.1) is 0 Å². The van der Waals surface area contributed by atoms with E-state index in [1.807, 2.05) is 6.92 Å². The summed E-state index contributed by atoms with van der Waals surface area (Å²) in [5.74, 6) is 0. The Kier molecular flexibility index (Phi) is 6.51. The summed E-state index contributed by atoms with van der Waals surface area (Å²) >= 11 is 0. The van der Waals surface area contributed by atoms with Crippen LogP contribution in [0.2, 0.25) is 0 Å². The third-order valence-corrected chi connectivity index (χ3v) is 1.58. The van der Waals surface area contributed by atoms with E-state index in [1.54, 1.807) is 6.42 Å². The number of aliphatic hydroxyl groups excluding tert-OH is 3. The first-order valence-electron chi connectivity index (χ1n) is 3.99. The predicted octanol–water partition coefficient (Wildman–Crippen LogP) is 0.0950. The maximum Gasteiger partial charge on any atom is 0.0568 e. The minimum Gasteiger partial charge on any atom is -0.396 e. The van der Waals surface area contributed by atoms with Gasteiger partial charge >= 0.3 is 0 Å². The number of hydrogen-bond donors (Lipinski definition) is 3. The van der Waals surface area contributed by atoms with Crippen molar-refractivity contribution < 1.29 is 15.3 Å². The highest BCUT2D eigenvalue weighted by Crippen LogP contribution is 2.06. The second-order valence-corrected chi connectivity index (χ2v) is 2.66. The van der Waals surface area contributed by atoms with Gasteiger partial charge in [0.25, 0.3) is 0 Å². The lowest BCUT2D eigenvalue weighted by Gasteiger charge is -2.12. The van der Waals surface area contributed by atoms with E-state index < -0.39 is 12.2 Å². The van der Waals surface area contributed by atoms with Gasteiger partial charge in [-0.25, -0.2) is 0 Å². The van der Waals surface area contributed by atoms with E-state index in [9.17, 15) is 5.11 Å². The quantitative estimate of drug-likeness (QED) is 0.517. The minimum atomic E-state index is -0.517. The highest BCUT2D eigenvalue weighted by molar-refractivity contribution is 4.71. The normalized spacial score (nSPS) is 16.4. The Hall–Kier alpha value is -0.120. The van der Waals surface area contributed by atoms with E-state index in [4.69, 9.17) is 10.2 Å². The van der Waals surface area contributed by atoms with Gasteiger partial charge in [0.1, 0.15) is 0 Å². The smallest absolute Gasteiger partial charge is 0.0568 e. The van der Waals surface area contributed by atoms with Crippen molar-refractivity contribution in [3.8, 4) is 0 Å². The molecule has 0 aliphatic carbocycles. The molecule has 0 aromatic rings. The van der Waals surface area contributed by atoms with Crippen molar-refractivity contribution >= 4 is 0 Å². The molecule has 0 heterocycles. The van der Waals surface area contributed by atoms with Crippen LogP contribution in [0.5, 0.6) is 0 Å². The van der Waals surface area contributed by atoms with Crippen LogP contribution < -0.4 is 0 Å². The highest BCUT2D eigenvalue weighted by Gasteiger charge is 2.09. The summed E-state index contributed by atoms with van der Waals surface area (Å²) in [6, 6.07) is 0. The van der Waals surface area contributed by atoms with Crippen LogP contribution in [0, 0.1) is 6.42 Å².